The summed E-state index contributed by atoms with van der Waals surface area (Å²) in [6.07, 6.45) is 4.64. The van der Waals surface area contributed by atoms with E-state index in [1.807, 2.05) is 0 Å². The molecule has 0 aromatic carbocycles. The van der Waals surface area contributed by atoms with Crippen LogP contribution in [-0.4, -0.2) is 19.1 Å². The molecular weight excluding hydrogens is 164 g/mol. The van der Waals surface area contributed by atoms with E-state index in [0.717, 1.165) is 12.8 Å². The lowest BCUT2D eigenvalue weighted by Crippen LogP contribution is -2.43. The first-order valence-electron chi connectivity index (χ1n) is 5.02. The molecule has 3 heteroatoms. The average Bonchev–Trinajstić information content (AvgIpc) is 2.08. The predicted octanol–water partition coefficient (Wildman–Crippen LogP) is 1.88. The van der Waals surface area contributed by atoms with E-state index in [1.165, 1.54) is 12.8 Å². The number of urea groups is 1. The van der Waals surface area contributed by atoms with Crippen LogP contribution in [0.25, 0.3) is 0 Å². The van der Waals surface area contributed by atoms with Gasteiger partial charge in [0.2, 0.25) is 0 Å². The smallest absolute Gasteiger partial charge is 0.314 e. The predicted molar refractivity (Wildman–Crippen MR) is 53.6 cm³/mol. The van der Waals surface area contributed by atoms with Crippen LogP contribution in [0.1, 0.15) is 39.5 Å². The first-order chi connectivity index (χ1) is 6.03. The Labute approximate surface area is 80.3 Å². The molecule has 0 atom stereocenters. The second-order valence-corrected chi connectivity index (χ2v) is 4.66. The molecule has 0 aromatic heterocycles. The summed E-state index contributed by atoms with van der Waals surface area (Å²) in [4.78, 5) is 11.0. The molecule has 0 unspecified atom stereocenters. The number of carbonyl (C=O) groups is 1. The molecule has 0 radical (unpaired) electrons. The lowest BCUT2D eigenvalue weighted by atomic mass is 9.76. The van der Waals surface area contributed by atoms with Crippen LogP contribution in [0.2, 0.25) is 0 Å². The van der Waals surface area contributed by atoms with Crippen molar-refractivity contribution in [1.82, 2.24) is 10.6 Å². The highest BCUT2D eigenvalue weighted by Crippen LogP contribution is 2.34. The second kappa shape index (κ2) is 3.99. The van der Waals surface area contributed by atoms with Crippen molar-refractivity contribution in [2.24, 2.45) is 5.41 Å². The van der Waals surface area contributed by atoms with Crippen molar-refractivity contribution in [3.05, 3.63) is 0 Å². The van der Waals surface area contributed by atoms with E-state index in [1.54, 1.807) is 7.05 Å². The van der Waals surface area contributed by atoms with Crippen molar-refractivity contribution < 1.29 is 4.79 Å². The van der Waals surface area contributed by atoms with Gasteiger partial charge in [0.05, 0.1) is 0 Å². The molecule has 0 saturated heterocycles. The molecule has 1 aliphatic carbocycles. The molecule has 0 heterocycles. The number of rotatable bonds is 1. The van der Waals surface area contributed by atoms with Crippen LogP contribution in [0.4, 0.5) is 4.79 Å². The molecule has 0 spiro atoms. The van der Waals surface area contributed by atoms with E-state index in [9.17, 15) is 4.79 Å². The van der Waals surface area contributed by atoms with E-state index >= 15 is 0 Å². The molecular formula is C10H20N2O. The number of hydrogen-bond donors (Lipinski definition) is 2. The highest BCUT2D eigenvalue weighted by atomic mass is 16.2. The summed E-state index contributed by atoms with van der Waals surface area (Å²) in [5.74, 6) is 0. The zero-order valence-electron chi connectivity index (χ0n) is 8.81. The summed E-state index contributed by atoms with van der Waals surface area (Å²) in [5.41, 5.74) is 0.473. The Balaban J connectivity index is 2.29. The van der Waals surface area contributed by atoms with Crippen molar-refractivity contribution >= 4 is 6.03 Å². The fourth-order valence-electron chi connectivity index (χ4n) is 1.80. The lowest BCUT2D eigenvalue weighted by Gasteiger charge is -2.34. The Morgan fingerprint density at radius 2 is 1.85 bits per heavy atom. The van der Waals surface area contributed by atoms with Gasteiger partial charge in [0, 0.05) is 13.1 Å². The minimum absolute atomic E-state index is 0.0512. The van der Waals surface area contributed by atoms with Gasteiger partial charge in [-0.15, -0.1) is 0 Å². The summed E-state index contributed by atoms with van der Waals surface area (Å²) in [6.45, 7) is 4.59. The van der Waals surface area contributed by atoms with Gasteiger partial charge in [0.1, 0.15) is 0 Å². The Morgan fingerprint density at radius 3 is 2.31 bits per heavy atom. The molecule has 2 N–H and O–H groups in total. The summed E-state index contributed by atoms with van der Waals surface area (Å²) < 4.78 is 0. The molecule has 0 bridgehead atoms. The van der Waals surface area contributed by atoms with Gasteiger partial charge in [-0.25, -0.2) is 4.79 Å². The molecule has 1 saturated carbocycles. The maximum atomic E-state index is 11.0. The minimum atomic E-state index is -0.0512. The van der Waals surface area contributed by atoms with Crippen molar-refractivity contribution in [2.75, 3.05) is 7.05 Å². The zero-order chi connectivity index (χ0) is 9.90. The minimum Gasteiger partial charge on any atom is -0.341 e. The van der Waals surface area contributed by atoms with Gasteiger partial charge < -0.3 is 10.6 Å². The van der Waals surface area contributed by atoms with Crippen molar-refractivity contribution in [3.63, 3.8) is 0 Å². The normalized spacial score (nSPS) is 22.4. The highest BCUT2D eigenvalue weighted by molar-refractivity contribution is 5.73. The standard InChI is InChI=1S/C10H20N2O/c1-10(2)6-4-8(5-7-10)12-9(13)11-3/h8H,4-7H2,1-3H3,(H2,11,12,13). The Kier molecular flexibility index (Phi) is 3.17. The van der Waals surface area contributed by atoms with Crippen LogP contribution in [0, 0.1) is 5.41 Å². The maximum Gasteiger partial charge on any atom is 0.314 e. The Hall–Kier alpha value is -0.730. The third-order valence-corrected chi connectivity index (χ3v) is 2.90. The number of carbonyl (C=O) groups excluding carboxylic acids is 1. The van der Waals surface area contributed by atoms with Crippen molar-refractivity contribution in [1.29, 1.82) is 0 Å². The van der Waals surface area contributed by atoms with Crippen LogP contribution < -0.4 is 10.6 Å². The summed E-state index contributed by atoms with van der Waals surface area (Å²) in [6, 6.07) is 0.331. The van der Waals surface area contributed by atoms with Crippen molar-refractivity contribution in [2.45, 2.75) is 45.6 Å². The summed E-state index contributed by atoms with van der Waals surface area (Å²) in [7, 11) is 1.65. The fourth-order valence-corrected chi connectivity index (χ4v) is 1.80. The summed E-state index contributed by atoms with van der Waals surface area (Å²) in [5, 5.41) is 5.54. The Bertz CT molecular complexity index is 179. The molecule has 76 valence electrons. The maximum absolute atomic E-state index is 11.0. The quantitative estimate of drug-likeness (QED) is 0.642. The van der Waals surface area contributed by atoms with E-state index < -0.39 is 0 Å². The third-order valence-electron chi connectivity index (χ3n) is 2.90. The molecule has 13 heavy (non-hydrogen) atoms. The van der Waals surface area contributed by atoms with Crippen LogP contribution in [0.15, 0.2) is 0 Å². The molecule has 0 aromatic rings. The first kappa shape index (κ1) is 10.4. The zero-order valence-corrected chi connectivity index (χ0v) is 8.81. The van der Waals surface area contributed by atoms with Gasteiger partial charge in [0.15, 0.2) is 0 Å². The third kappa shape index (κ3) is 3.25. The largest absolute Gasteiger partial charge is 0.341 e. The van der Waals surface area contributed by atoms with E-state index in [4.69, 9.17) is 0 Å². The van der Waals surface area contributed by atoms with E-state index in [2.05, 4.69) is 24.5 Å². The van der Waals surface area contributed by atoms with Gasteiger partial charge in [-0.2, -0.15) is 0 Å². The lowest BCUT2D eigenvalue weighted by molar-refractivity contribution is 0.198. The number of nitrogens with one attached hydrogen (secondary N) is 2. The molecule has 0 aliphatic heterocycles. The monoisotopic (exact) mass is 184 g/mol. The number of hydrogen-bond acceptors (Lipinski definition) is 1. The average molecular weight is 184 g/mol. The molecule has 1 fully saturated rings. The highest BCUT2D eigenvalue weighted by Gasteiger charge is 2.27. The van der Waals surface area contributed by atoms with Gasteiger partial charge in [-0.1, -0.05) is 13.8 Å². The first-order valence-corrected chi connectivity index (χ1v) is 5.02. The van der Waals surface area contributed by atoms with Crippen LogP contribution in [0.3, 0.4) is 0 Å². The van der Waals surface area contributed by atoms with Gasteiger partial charge >= 0.3 is 6.03 Å². The van der Waals surface area contributed by atoms with Crippen LogP contribution >= 0.6 is 0 Å². The van der Waals surface area contributed by atoms with E-state index in [-0.39, 0.29) is 6.03 Å². The fraction of sp³-hybridized carbons (Fsp3) is 0.900. The SMILES string of the molecule is CNC(=O)NC1CCC(C)(C)CC1. The Morgan fingerprint density at radius 1 is 1.31 bits per heavy atom. The second-order valence-electron chi connectivity index (χ2n) is 4.66. The topological polar surface area (TPSA) is 41.1 Å². The summed E-state index contributed by atoms with van der Waals surface area (Å²) >= 11 is 0. The van der Waals surface area contributed by atoms with Gasteiger partial charge in [-0.05, 0) is 31.1 Å². The number of amides is 2. The van der Waals surface area contributed by atoms with E-state index in [0.29, 0.717) is 11.5 Å². The van der Waals surface area contributed by atoms with Gasteiger partial charge in [0.25, 0.3) is 0 Å². The molecule has 1 aliphatic rings. The van der Waals surface area contributed by atoms with Crippen LogP contribution in [-0.2, 0) is 0 Å². The molecule has 1 rings (SSSR count). The molecule has 2 amide bonds. The van der Waals surface area contributed by atoms with Crippen molar-refractivity contribution in [3.8, 4) is 0 Å². The molecule has 3 nitrogen and oxygen atoms in total. The van der Waals surface area contributed by atoms with Gasteiger partial charge in [-0.3, -0.25) is 0 Å². The van der Waals surface area contributed by atoms with Crippen LogP contribution in [0.5, 0.6) is 0 Å².